The largest absolute Gasteiger partial charge is 0.384 e. The van der Waals surface area contributed by atoms with Gasteiger partial charge in [0.05, 0.1) is 18.0 Å². The van der Waals surface area contributed by atoms with Crippen molar-refractivity contribution in [2.45, 2.75) is 6.54 Å². The lowest BCUT2D eigenvalue weighted by molar-refractivity contribution is 0.0947. The van der Waals surface area contributed by atoms with Gasteiger partial charge in [0.2, 0.25) is 0 Å². The molecule has 2 heterocycles. The monoisotopic (exact) mass is 249 g/mol. The van der Waals surface area contributed by atoms with Gasteiger partial charge in [-0.25, -0.2) is 4.39 Å². The number of nitrogens with zero attached hydrogens (tertiary/aromatic N) is 3. The fourth-order valence-corrected chi connectivity index (χ4v) is 1.46. The highest BCUT2D eigenvalue weighted by atomic mass is 19.1. The summed E-state index contributed by atoms with van der Waals surface area (Å²) in [6.07, 6.45) is 3.91. The number of hydrogen-bond donors (Lipinski definition) is 2. The predicted molar refractivity (Wildman–Crippen MR) is 63.0 cm³/mol. The summed E-state index contributed by atoms with van der Waals surface area (Å²) in [5.41, 5.74) is 6.35. The number of pyridine rings is 1. The van der Waals surface area contributed by atoms with Gasteiger partial charge >= 0.3 is 0 Å². The molecule has 2 aromatic heterocycles. The number of carbonyl (C=O) groups is 1. The number of rotatable bonds is 3. The summed E-state index contributed by atoms with van der Waals surface area (Å²) in [4.78, 5) is 15.3. The van der Waals surface area contributed by atoms with Gasteiger partial charge < -0.3 is 11.1 Å². The molecule has 7 heteroatoms. The highest BCUT2D eigenvalue weighted by Crippen LogP contribution is 2.09. The number of hydrogen-bond acceptors (Lipinski definition) is 4. The van der Waals surface area contributed by atoms with E-state index in [1.165, 1.54) is 16.9 Å². The van der Waals surface area contributed by atoms with Gasteiger partial charge in [0.15, 0.2) is 5.82 Å². The minimum atomic E-state index is -0.658. The molecule has 0 aliphatic carbocycles. The molecule has 0 bridgehead atoms. The zero-order valence-corrected chi connectivity index (χ0v) is 9.72. The molecule has 0 aromatic carbocycles. The summed E-state index contributed by atoms with van der Waals surface area (Å²) >= 11 is 0. The third-order valence-electron chi connectivity index (χ3n) is 2.52. The number of aryl methyl sites for hydroxylation is 1. The van der Waals surface area contributed by atoms with Crippen molar-refractivity contribution in [2.24, 2.45) is 7.05 Å². The summed E-state index contributed by atoms with van der Waals surface area (Å²) in [6, 6.07) is 1.32. The number of anilines is 1. The van der Waals surface area contributed by atoms with Crippen LogP contribution in [0.1, 0.15) is 15.9 Å². The maximum absolute atomic E-state index is 13.3. The minimum absolute atomic E-state index is 0.0486. The standard InChI is InChI=1S/C11H12FN5O/c1-17-10(13)7(5-16-17)4-15-11(18)8-2-3-14-6-9(8)12/h2-3,5-6H,4,13H2,1H3,(H,15,18). The van der Waals surface area contributed by atoms with Crippen molar-refractivity contribution in [3.8, 4) is 0 Å². The molecule has 0 saturated carbocycles. The molecule has 2 aromatic rings. The van der Waals surface area contributed by atoms with Crippen LogP contribution in [-0.4, -0.2) is 20.7 Å². The van der Waals surface area contributed by atoms with E-state index >= 15 is 0 Å². The zero-order chi connectivity index (χ0) is 13.1. The predicted octanol–water partition coefficient (Wildman–Crippen LogP) is 0.466. The summed E-state index contributed by atoms with van der Waals surface area (Å²) in [6.45, 7) is 0.195. The van der Waals surface area contributed by atoms with Crippen LogP contribution in [0.3, 0.4) is 0 Å². The molecule has 3 N–H and O–H groups in total. The lowest BCUT2D eigenvalue weighted by Crippen LogP contribution is -2.24. The molecule has 0 aliphatic heterocycles. The van der Waals surface area contributed by atoms with Gasteiger partial charge in [-0.05, 0) is 6.07 Å². The van der Waals surface area contributed by atoms with Gasteiger partial charge in [-0.15, -0.1) is 0 Å². The first kappa shape index (κ1) is 12.0. The molecular weight excluding hydrogens is 237 g/mol. The van der Waals surface area contributed by atoms with E-state index in [0.717, 1.165) is 6.20 Å². The van der Waals surface area contributed by atoms with Gasteiger partial charge in [0.25, 0.3) is 5.91 Å². The van der Waals surface area contributed by atoms with E-state index in [1.54, 1.807) is 13.2 Å². The fourth-order valence-electron chi connectivity index (χ4n) is 1.46. The van der Waals surface area contributed by atoms with Crippen LogP contribution in [-0.2, 0) is 13.6 Å². The van der Waals surface area contributed by atoms with Crippen molar-refractivity contribution in [3.63, 3.8) is 0 Å². The normalized spacial score (nSPS) is 10.3. The van der Waals surface area contributed by atoms with Crippen LogP contribution in [0.5, 0.6) is 0 Å². The van der Waals surface area contributed by atoms with Crippen LogP contribution in [0.25, 0.3) is 0 Å². The molecule has 0 radical (unpaired) electrons. The van der Waals surface area contributed by atoms with Gasteiger partial charge in [-0.2, -0.15) is 5.10 Å². The Morgan fingerprint density at radius 3 is 2.94 bits per heavy atom. The summed E-state index contributed by atoms with van der Waals surface area (Å²) in [5, 5.41) is 6.51. The Morgan fingerprint density at radius 1 is 1.56 bits per heavy atom. The Hall–Kier alpha value is -2.44. The van der Waals surface area contributed by atoms with Crippen molar-refractivity contribution in [3.05, 3.63) is 41.6 Å². The maximum Gasteiger partial charge on any atom is 0.254 e. The molecule has 2 rings (SSSR count). The van der Waals surface area contributed by atoms with Crippen molar-refractivity contribution >= 4 is 11.7 Å². The Balaban J connectivity index is 2.05. The topological polar surface area (TPSA) is 85.8 Å². The number of amides is 1. The summed E-state index contributed by atoms with van der Waals surface area (Å²) in [7, 11) is 1.70. The first-order valence-electron chi connectivity index (χ1n) is 5.23. The number of nitrogens with one attached hydrogen (secondary N) is 1. The van der Waals surface area contributed by atoms with Crippen LogP contribution in [0, 0.1) is 5.82 Å². The maximum atomic E-state index is 13.3. The van der Waals surface area contributed by atoms with E-state index in [2.05, 4.69) is 15.4 Å². The Bertz CT molecular complexity index is 581. The molecular formula is C11H12FN5O. The number of carbonyl (C=O) groups excluding carboxylic acids is 1. The van der Waals surface area contributed by atoms with E-state index in [4.69, 9.17) is 5.73 Å². The average molecular weight is 249 g/mol. The van der Waals surface area contributed by atoms with Crippen LogP contribution >= 0.6 is 0 Å². The molecule has 18 heavy (non-hydrogen) atoms. The SMILES string of the molecule is Cn1ncc(CNC(=O)c2ccncc2F)c1N. The lowest BCUT2D eigenvalue weighted by Gasteiger charge is -2.05. The fraction of sp³-hybridized carbons (Fsp3) is 0.182. The van der Waals surface area contributed by atoms with Crippen LogP contribution in [0.15, 0.2) is 24.7 Å². The van der Waals surface area contributed by atoms with Crippen molar-refractivity contribution < 1.29 is 9.18 Å². The summed E-state index contributed by atoms with van der Waals surface area (Å²) in [5.74, 6) is -0.710. The average Bonchev–Trinajstić information content (AvgIpc) is 2.68. The van der Waals surface area contributed by atoms with E-state index in [0.29, 0.717) is 11.4 Å². The Kier molecular flexibility index (Phi) is 3.22. The van der Waals surface area contributed by atoms with Crippen molar-refractivity contribution in [2.75, 3.05) is 5.73 Å². The second-order valence-electron chi connectivity index (χ2n) is 3.72. The summed E-state index contributed by atoms with van der Waals surface area (Å²) < 4.78 is 14.8. The quantitative estimate of drug-likeness (QED) is 0.827. The zero-order valence-electron chi connectivity index (χ0n) is 9.72. The number of nitrogens with two attached hydrogens (primary N) is 1. The molecule has 0 spiro atoms. The van der Waals surface area contributed by atoms with Gasteiger partial charge in [0.1, 0.15) is 5.82 Å². The second kappa shape index (κ2) is 4.82. The molecule has 6 nitrogen and oxygen atoms in total. The number of aromatic nitrogens is 3. The number of halogens is 1. The van der Waals surface area contributed by atoms with Gasteiger partial charge in [-0.3, -0.25) is 14.5 Å². The van der Waals surface area contributed by atoms with Crippen molar-refractivity contribution in [1.82, 2.24) is 20.1 Å². The van der Waals surface area contributed by atoms with E-state index < -0.39 is 11.7 Å². The van der Waals surface area contributed by atoms with Crippen molar-refractivity contribution in [1.29, 1.82) is 0 Å². The molecule has 0 atom stereocenters. The second-order valence-corrected chi connectivity index (χ2v) is 3.72. The first-order chi connectivity index (χ1) is 8.59. The van der Waals surface area contributed by atoms with E-state index in [1.807, 2.05) is 0 Å². The molecule has 0 aliphatic rings. The van der Waals surface area contributed by atoms with Crippen LogP contribution < -0.4 is 11.1 Å². The third kappa shape index (κ3) is 2.29. The molecule has 0 unspecified atom stereocenters. The highest BCUT2D eigenvalue weighted by Gasteiger charge is 2.12. The van der Waals surface area contributed by atoms with E-state index in [9.17, 15) is 9.18 Å². The Morgan fingerprint density at radius 2 is 2.33 bits per heavy atom. The highest BCUT2D eigenvalue weighted by molar-refractivity contribution is 5.94. The number of nitrogen functional groups attached to an aromatic ring is 1. The first-order valence-corrected chi connectivity index (χ1v) is 5.23. The van der Waals surface area contributed by atoms with Gasteiger partial charge in [-0.1, -0.05) is 0 Å². The molecule has 0 saturated heterocycles. The van der Waals surface area contributed by atoms with Gasteiger partial charge in [0, 0.05) is 25.4 Å². The molecule has 94 valence electrons. The van der Waals surface area contributed by atoms with Crippen LogP contribution in [0.2, 0.25) is 0 Å². The third-order valence-corrected chi connectivity index (χ3v) is 2.52. The Labute approximate surface area is 103 Å². The minimum Gasteiger partial charge on any atom is -0.384 e. The molecule has 0 fully saturated rings. The smallest absolute Gasteiger partial charge is 0.254 e. The van der Waals surface area contributed by atoms with Crippen LogP contribution in [0.4, 0.5) is 10.2 Å². The van der Waals surface area contributed by atoms with E-state index in [-0.39, 0.29) is 12.1 Å². The molecule has 1 amide bonds. The lowest BCUT2D eigenvalue weighted by atomic mass is 10.2.